The minimum Gasteiger partial charge on any atom is -0.366 e. The van der Waals surface area contributed by atoms with Gasteiger partial charge in [0.25, 0.3) is 0 Å². The average molecular weight is 175 g/mol. The molecular formula is C9H21NO2. The van der Waals surface area contributed by atoms with Gasteiger partial charge in [-0.15, -0.1) is 0 Å². The first-order valence-corrected chi connectivity index (χ1v) is 4.69. The van der Waals surface area contributed by atoms with Gasteiger partial charge in [0.1, 0.15) is 0 Å². The molecule has 0 saturated heterocycles. The lowest BCUT2D eigenvalue weighted by Crippen LogP contribution is -2.30. The van der Waals surface area contributed by atoms with Crippen molar-refractivity contribution in [3.63, 3.8) is 0 Å². The highest BCUT2D eigenvalue weighted by Gasteiger charge is 2.19. The summed E-state index contributed by atoms with van der Waals surface area (Å²) in [6.07, 6.45) is 4.00. The quantitative estimate of drug-likeness (QED) is 0.452. The number of unbranched alkanes of at least 4 members (excludes halogenated alkanes) is 2. The molecule has 0 aromatic rings. The fourth-order valence-corrected chi connectivity index (χ4v) is 1.05. The standard InChI is InChI=1S/C9H21NO2/c1-3-4-5-6-9(2,11)12-8-7-10/h11H,3-8,10H2,1-2H3. The van der Waals surface area contributed by atoms with Crippen LogP contribution in [0.1, 0.15) is 39.5 Å². The van der Waals surface area contributed by atoms with Crippen LogP contribution >= 0.6 is 0 Å². The molecule has 0 amide bonds. The van der Waals surface area contributed by atoms with Crippen LogP contribution in [0.15, 0.2) is 0 Å². The summed E-state index contributed by atoms with van der Waals surface area (Å²) < 4.78 is 5.16. The second-order valence-corrected chi connectivity index (χ2v) is 3.27. The SMILES string of the molecule is CCCCCC(C)(O)OCCN. The van der Waals surface area contributed by atoms with Crippen molar-refractivity contribution < 1.29 is 9.84 Å². The Bertz CT molecular complexity index is 105. The molecule has 0 aromatic heterocycles. The zero-order valence-electron chi connectivity index (χ0n) is 8.18. The fourth-order valence-electron chi connectivity index (χ4n) is 1.05. The summed E-state index contributed by atoms with van der Waals surface area (Å²) >= 11 is 0. The summed E-state index contributed by atoms with van der Waals surface area (Å²) in [7, 11) is 0. The lowest BCUT2D eigenvalue weighted by atomic mass is 10.1. The van der Waals surface area contributed by atoms with E-state index in [4.69, 9.17) is 10.5 Å². The predicted molar refractivity (Wildman–Crippen MR) is 49.8 cm³/mol. The monoisotopic (exact) mass is 175 g/mol. The molecule has 0 rings (SSSR count). The third-order valence-corrected chi connectivity index (χ3v) is 1.78. The molecule has 0 aliphatic heterocycles. The van der Waals surface area contributed by atoms with Gasteiger partial charge >= 0.3 is 0 Å². The first-order chi connectivity index (χ1) is 5.62. The molecule has 0 heterocycles. The van der Waals surface area contributed by atoms with Crippen molar-refractivity contribution >= 4 is 0 Å². The van der Waals surface area contributed by atoms with E-state index < -0.39 is 5.79 Å². The van der Waals surface area contributed by atoms with Crippen molar-refractivity contribution in [1.29, 1.82) is 0 Å². The Balaban J connectivity index is 3.42. The smallest absolute Gasteiger partial charge is 0.162 e. The van der Waals surface area contributed by atoms with E-state index in [1.807, 2.05) is 0 Å². The number of ether oxygens (including phenoxy) is 1. The van der Waals surface area contributed by atoms with Gasteiger partial charge in [0, 0.05) is 13.0 Å². The van der Waals surface area contributed by atoms with Gasteiger partial charge in [-0.05, 0) is 13.3 Å². The molecule has 0 bridgehead atoms. The third kappa shape index (κ3) is 6.58. The van der Waals surface area contributed by atoms with Gasteiger partial charge in [0.2, 0.25) is 0 Å². The van der Waals surface area contributed by atoms with E-state index in [0.29, 0.717) is 19.6 Å². The highest BCUT2D eigenvalue weighted by Crippen LogP contribution is 2.15. The Morgan fingerprint density at radius 2 is 2.08 bits per heavy atom. The molecular weight excluding hydrogens is 154 g/mol. The van der Waals surface area contributed by atoms with Crippen LogP contribution in [0.2, 0.25) is 0 Å². The summed E-state index contributed by atoms with van der Waals surface area (Å²) in [6.45, 7) is 4.72. The fraction of sp³-hybridized carbons (Fsp3) is 1.00. The first kappa shape index (κ1) is 11.9. The summed E-state index contributed by atoms with van der Waals surface area (Å²) in [5.74, 6) is -0.978. The van der Waals surface area contributed by atoms with Crippen molar-refractivity contribution in [2.24, 2.45) is 5.73 Å². The molecule has 0 aromatic carbocycles. The molecule has 3 heteroatoms. The summed E-state index contributed by atoms with van der Waals surface area (Å²) in [5, 5.41) is 9.59. The number of aliphatic hydroxyl groups is 1. The predicted octanol–water partition coefficient (Wildman–Crippen LogP) is 1.25. The lowest BCUT2D eigenvalue weighted by molar-refractivity contribution is -0.192. The van der Waals surface area contributed by atoms with Gasteiger partial charge in [0.15, 0.2) is 5.79 Å². The van der Waals surface area contributed by atoms with Crippen LogP contribution < -0.4 is 5.73 Å². The molecule has 12 heavy (non-hydrogen) atoms. The lowest BCUT2D eigenvalue weighted by Gasteiger charge is -2.23. The van der Waals surface area contributed by atoms with Gasteiger partial charge < -0.3 is 15.6 Å². The van der Waals surface area contributed by atoms with Crippen LogP contribution in [-0.4, -0.2) is 24.0 Å². The Morgan fingerprint density at radius 3 is 2.58 bits per heavy atom. The highest BCUT2D eigenvalue weighted by atomic mass is 16.6. The van der Waals surface area contributed by atoms with E-state index in [0.717, 1.165) is 19.3 Å². The van der Waals surface area contributed by atoms with Crippen LogP contribution in [0.4, 0.5) is 0 Å². The van der Waals surface area contributed by atoms with Crippen LogP contribution in [0.3, 0.4) is 0 Å². The van der Waals surface area contributed by atoms with Gasteiger partial charge in [-0.25, -0.2) is 0 Å². The molecule has 0 spiro atoms. The van der Waals surface area contributed by atoms with Gasteiger partial charge in [-0.3, -0.25) is 0 Å². The number of nitrogens with two attached hydrogens (primary N) is 1. The maximum Gasteiger partial charge on any atom is 0.162 e. The normalized spacial score (nSPS) is 16.0. The van der Waals surface area contributed by atoms with Crippen LogP contribution in [0.5, 0.6) is 0 Å². The molecule has 0 fully saturated rings. The molecule has 0 radical (unpaired) electrons. The summed E-state index contributed by atoms with van der Waals surface area (Å²) in [4.78, 5) is 0. The van der Waals surface area contributed by atoms with E-state index >= 15 is 0 Å². The van der Waals surface area contributed by atoms with Crippen molar-refractivity contribution in [3.05, 3.63) is 0 Å². The molecule has 0 aliphatic carbocycles. The first-order valence-electron chi connectivity index (χ1n) is 4.69. The average Bonchev–Trinajstić information content (AvgIpc) is 2.01. The molecule has 1 unspecified atom stereocenters. The van der Waals surface area contributed by atoms with Gasteiger partial charge in [-0.1, -0.05) is 19.8 Å². The molecule has 3 nitrogen and oxygen atoms in total. The van der Waals surface area contributed by atoms with E-state index in [2.05, 4.69) is 6.92 Å². The minimum absolute atomic E-state index is 0.430. The van der Waals surface area contributed by atoms with Crippen molar-refractivity contribution in [3.8, 4) is 0 Å². The Labute approximate surface area is 74.9 Å². The van der Waals surface area contributed by atoms with E-state index in [-0.39, 0.29) is 0 Å². The largest absolute Gasteiger partial charge is 0.366 e. The highest BCUT2D eigenvalue weighted by molar-refractivity contribution is 4.59. The second-order valence-electron chi connectivity index (χ2n) is 3.27. The van der Waals surface area contributed by atoms with Crippen LogP contribution in [0, 0.1) is 0 Å². The molecule has 1 atom stereocenters. The van der Waals surface area contributed by atoms with E-state index in [9.17, 15) is 5.11 Å². The number of rotatable bonds is 7. The van der Waals surface area contributed by atoms with Gasteiger partial charge in [-0.2, -0.15) is 0 Å². The Kier molecular flexibility index (Phi) is 6.34. The van der Waals surface area contributed by atoms with Crippen LogP contribution in [-0.2, 0) is 4.74 Å². The van der Waals surface area contributed by atoms with E-state index in [1.165, 1.54) is 0 Å². The molecule has 74 valence electrons. The minimum atomic E-state index is -0.978. The van der Waals surface area contributed by atoms with Gasteiger partial charge in [0.05, 0.1) is 6.61 Å². The van der Waals surface area contributed by atoms with Crippen molar-refractivity contribution in [2.75, 3.05) is 13.2 Å². The molecule has 0 saturated carbocycles. The maximum atomic E-state index is 9.59. The zero-order chi connectivity index (χ0) is 9.45. The second kappa shape index (κ2) is 6.40. The molecule has 3 N–H and O–H groups in total. The number of hydrogen-bond donors (Lipinski definition) is 2. The summed E-state index contributed by atoms with van der Waals surface area (Å²) in [6, 6.07) is 0. The Hall–Kier alpha value is -0.120. The van der Waals surface area contributed by atoms with Crippen molar-refractivity contribution in [2.45, 2.75) is 45.3 Å². The molecule has 0 aliphatic rings. The maximum absolute atomic E-state index is 9.59. The number of hydrogen-bond acceptors (Lipinski definition) is 3. The topological polar surface area (TPSA) is 55.5 Å². The summed E-state index contributed by atoms with van der Waals surface area (Å²) in [5.41, 5.74) is 5.25. The van der Waals surface area contributed by atoms with Crippen LogP contribution in [0.25, 0.3) is 0 Å². The third-order valence-electron chi connectivity index (χ3n) is 1.78. The van der Waals surface area contributed by atoms with E-state index in [1.54, 1.807) is 6.92 Å². The van der Waals surface area contributed by atoms with Crippen molar-refractivity contribution in [1.82, 2.24) is 0 Å². The zero-order valence-corrected chi connectivity index (χ0v) is 8.18. The Morgan fingerprint density at radius 1 is 1.42 bits per heavy atom.